The molecule has 1 aromatic heterocycles. The van der Waals surface area contributed by atoms with Gasteiger partial charge < -0.3 is 14.7 Å². The van der Waals surface area contributed by atoms with E-state index in [1.165, 1.54) is 11.5 Å². The Morgan fingerprint density at radius 1 is 0.881 bits per heavy atom. The molecular weight excluding hydrogens is 604 g/mol. The average molecular weight is 642 g/mol. The van der Waals surface area contributed by atoms with E-state index in [4.69, 9.17) is 9.72 Å². The normalized spacial score (nSPS) is 16.4. The van der Waals surface area contributed by atoms with Crippen LogP contribution in [-0.2, 0) is 5.60 Å². The Morgan fingerprint density at radius 2 is 1.64 bits per heavy atom. The molecular formula is C36H37BrN2O2S. The molecule has 0 aliphatic carbocycles. The third kappa shape index (κ3) is 6.23. The monoisotopic (exact) mass is 640 g/mol. The number of aromatic nitrogens is 1. The summed E-state index contributed by atoms with van der Waals surface area (Å²) in [6.07, 6.45) is 2.57. The van der Waals surface area contributed by atoms with Crippen molar-refractivity contribution in [2.45, 2.75) is 30.8 Å². The summed E-state index contributed by atoms with van der Waals surface area (Å²) in [5.41, 5.74) is 2.51. The standard InChI is InChI=1S/C36H37BrN2O2S/c1-41-35-32(25-29-24-31(37)15-16-33(29)38-35)34(27-10-3-2-4-11-27)36(40,17-7-8-18-39-19-21-42-22-20-39)30-14-13-26-9-5-6-12-28(26)23-30/h2-6,9-16,23-25,34,40H,7-8,17-22H2,1H3. The van der Waals surface area contributed by atoms with Gasteiger partial charge in [-0.3, -0.25) is 0 Å². The fourth-order valence-corrected chi connectivity index (χ4v) is 7.70. The van der Waals surface area contributed by atoms with E-state index in [2.05, 4.69) is 99.7 Å². The van der Waals surface area contributed by atoms with Crippen LogP contribution in [0, 0.1) is 0 Å². The molecule has 0 bridgehead atoms. The number of ether oxygens (including phenoxy) is 1. The second-order valence-electron chi connectivity index (χ2n) is 11.2. The highest BCUT2D eigenvalue weighted by atomic mass is 79.9. The molecule has 0 spiro atoms. The quantitative estimate of drug-likeness (QED) is 0.155. The van der Waals surface area contributed by atoms with E-state index in [1.54, 1.807) is 7.11 Å². The van der Waals surface area contributed by atoms with E-state index >= 15 is 0 Å². The zero-order valence-corrected chi connectivity index (χ0v) is 26.4. The Balaban J connectivity index is 1.48. The van der Waals surface area contributed by atoms with Crippen LogP contribution in [0.2, 0.25) is 0 Å². The topological polar surface area (TPSA) is 45.6 Å². The van der Waals surface area contributed by atoms with Crippen molar-refractivity contribution < 1.29 is 9.84 Å². The second kappa shape index (κ2) is 13.2. The predicted molar refractivity (Wildman–Crippen MR) is 180 cm³/mol. The number of methoxy groups -OCH3 is 1. The van der Waals surface area contributed by atoms with Gasteiger partial charge >= 0.3 is 0 Å². The van der Waals surface area contributed by atoms with Crippen molar-refractivity contribution in [3.05, 3.63) is 118 Å². The first kappa shape index (κ1) is 29.2. The van der Waals surface area contributed by atoms with Gasteiger partial charge in [0.05, 0.1) is 12.6 Å². The van der Waals surface area contributed by atoms with Crippen molar-refractivity contribution in [2.75, 3.05) is 38.2 Å². The van der Waals surface area contributed by atoms with Crippen LogP contribution in [0.5, 0.6) is 5.88 Å². The summed E-state index contributed by atoms with van der Waals surface area (Å²) in [4.78, 5) is 7.50. The number of pyridine rings is 1. The first-order chi connectivity index (χ1) is 20.5. The van der Waals surface area contributed by atoms with Gasteiger partial charge in [0, 0.05) is 45.9 Å². The van der Waals surface area contributed by atoms with Gasteiger partial charge in [-0.2, -0.15) is 11.8 Å². The molecule has 5 aromatic rings. The zero-order chi connectivity index (χ0) is 28.9. The Bertz CT molecular complexity index is 1660. The number of halogens is 1. The molecule has 2 heterocycles. The first-order valence-corrected chi connectivity index (χ1v) is 16.7. The van der Waals surface area contributed by atoms with Crippen molar-refractivity contribution in [3.63, 3.8) is 0 Å². The molecule has 1 fully saturated rings. The van der Waals surface area contributed by atoms with E-state index < -0.39 is 11.5 Å². The van der Waals surface area contributed by atoms with Gasteiger partial charge in [-0.1, -0.05) is 82.7 Å². The van der Waals surface area contributed by atoms with Crippen molar-refractivity contribution in [2.24, 2.45) is 0 Å². The SMILES string of the molecule is COc1nc2ccc(Br)cc2cc1C(c1ccccc1)C(O)(CCCCN1CCSCC1)c1ccc2ccccc2c1. The van der Waals surface area contributed by atoms with Gasteiger partial charge in [0.15, 0.2) is 0 Å². The van der Waals surface area contributed by atoms with E-state index in [0.29, 0.717) is 12.3 Å². The van der Waals surface area contributed by atoms with Gasteiger partial charge in [-0.05, 0) is 78.0 Å². The van der Waals surface area contributed by atoms with Crippen molar-refractivity contribution in [3.8, 4) is 5.88 Å². The van der Waals surface area contributed by atoms with Crippen LogP contribution >= 0.6 is 27.7 Å². The van der Waals surface area contributed by atoms with E-state index in [9.17, 15) is 5.11 Å². The van der Waals surface area contributed by atoms with Crippen LogP contribution in [0.15, 0.2) is 102 Å². The van der Waals surface area contributed by atoms with Gasteiger partial charge in [0.2, 0.25) is 5.88 Å². The van der Waals surface area contributed by atoms with E-state index in [0.717, 1.165) is 75.3 Å². The third-order valence-corrected chi connectivity index (χ3v) is 9.96. The minimum Gasteiger partial charge on any atom is -0.481 e. The van der Waals surface area contributed by atoms with Gasteiger partial charge in [-0.25, -0.2) is 4.98 Å². The lowest BCUT2D eigenvalue weighted by atomic mass is 9.71. The minimum atomic E-state index is -1.20. The lowest BCUT2D eigenvalue weighted by molar-refractivity contribution is 0.00672. The summed E-state index contributed by atoms with van der Waals surface area (Å²) in [6.45, 7) is 3.38. The molecule has 1 N–H and O–H groups in total. The largest absolute Gasteiger partial charge is 0.481 e. The molecule has 216 valence electrons. The predicted octanol–water partition coefficient (Wildman–Crippen LogP) is 8.40. The van der Waals surface area contributed by atoms with Crippen LogP contribution < -0.4 is 4.74 Å². The summed E-state index contributed by atoms with van der Waals surface area (Å²) in [5, 5.41) is 16.5. The molecule has 6 rings (SSSR count). The molecule has 0 radical (unpaired) electrons. The maximum absolute atomic E-state index is 13.2. The summed E-state index contributed by atoms with van der Waals surface area (Å²) in [5.74, 6) is 2.57. The summed E-state index contributed by atoms with van der Waals surface area (Å²) in [7, 11) is 1.67. The molecule has 1 aliphatic heterocycles. The number of aliphatic hydroxyl groups is 1. The molecule has 0 amide bonds. The molecule has 4 nitrogen and oxygen atoms in total. The number of nitrogens with zero attached hydrogens (tertiary/aromatic N) is 2. The highest BCUT2D eigenvalue weighted by molar-refractivity contribution is 9.10. The highest BCUT2D eigenvalue weighted by Gasteiger charge is 2.42. The van der Waals surface area contributed by atoms with Gasteiger partial charge in [0.1, 0.15) is 5.60 Å². The first-order valence-electron chi connectivity index (χ1n) is 14.8. The molecule has 6 heteroatoms. The summed E-state index contributed by atoms with van der Waals surface area (Å²) >= 11 is 5.68. The average Bonchev–Trinajstić information content (AvgIpc) is 3.03. The fourth-order valence-electron chi connectivity index (χ4n) is 6.34. The highest BCUT2D eigenvalue weighted by Crippen LogP contribution is 2.48. The number of fused-ring (bicyclic) bond motifs is 2. The van der Waals surface area contributed by atoms with Crippen LogP contribution in [-0.4, -0.2) is 53.2 Å². The van der Waals surface area contributed by atoms with Crippen LogP contribution in [0.3, 0.4) is 0 Å². The van der Waals surface area contributed by atoms with Crippen molar-refractivity contribution >= 4 is 49.4 Å². The Hall–Kier alpha value is -2.90. The minimum absolute atomic E-state index is 0.392. The van der Waals surface area contributed by atoms with Crippen LogP contribution in [0.4, 0.5) is 0 Å². The molecule has 0 saturated carbocycles. The maximum atomic E-state index is 13.2. The Labute approximate surface area is 261 Å². The van der Waals surface area contributed by atoms with E-state index in [-0.39, 0.29) is 0 Å². The number of benzene rings is 4. The number of thioether (sulfide) groups is 1. The number of hydrogen-bond acceptors (Lipinski definition) is 5. The molecule has 1 saturated heterocycles. The number of rotatable bonds is 10. The Morgan fingerprint density at radius 3 is 2.43 bits per heavy atom. The fraction of sp³-hybridized carbons (Fsp3) is 0.306. The van der Waals surface area contributed by atoms with Crippen molar-refractivity contribution in [1.82, 2.24) is 9.88 Å². The number of hydrogen-bond donors (Lipinski definition) is 1. The van der Waals surface area contributed by atoms with E-state index in [1.807, 2.05) is 30.0 Å². The lowest BCUT2D eigenvalue weighted by Gasteiger charge is -2.38. The van der Waals surface area contributed by atoms with Crippen LogP contribution in [0.1, 0.15) is 41.9 Å². The zero-order valence-electron chi connectivity index (χ0n) is 24.0. The molecule has 2 unspecified atom stereocenters. The summed E-state index contributed by atoms with van der Waals surface area (Å²) < 4.78 is 6.94. The molecule has 4 aromatic carbocycles. The third-order valence-electron chi connectivity index (χ3n) is 8.52. The Kier molecular flexibility index (Phi) is 9.15. The second-order valence-corrected chi connectivity index (χ2v) is 13.3. The smallest absolute Gasteiger partial charge is 0.217 e. The molecule has 1 aliphatic rings. The molecule has 2 atom stereocenters. The van der Waals surface area contributed by atoms with Gasteiger partial charge in [-0.15, -0.1) is 0 Å². The summed E-state index contributed by atoms with van der Waals surface area (Å²) in [6, 6.07) is 33.4. The van der Waals surface area contributed by atoms with Gasteiger partial charge in [0.25, 0.3) is 0 Å². The van der Waals surface area contributed by atoms with Crippen LogP contribution in [0.25, 0.3) is 21.7 Å². The molecule has 42 heavy (non-hydrogen) atoms. The lowest BCUT2D eigenvalue weighted by Crippen LogP contribution is -2.36. The maximum Gasteiger partial charge on any atom is 0.217 e. The van der Waals surface area contributed by atoms with Crippen molar-refractivity contribution in [1.29, 1.82) is 0 Å². The number of unbranched alkanes of at least 4 members (excludes halogenated alkanes) is 1.